The summed E-state index contributed by atoms with van der Waals surface area (Å²) in [6.07, 6.45) is 6.62. The second-order valence-corrected chi connectivity index (χ2v) is 9.94. The number of rotatable bonds is 5. The van der Waals surface area contributed by atoms with Gasteiger partial charge in [-0.25, -0.2) is 4.39 Å². The van der Waals surface area contributed by atoms with E-state index in [4.69, 9.17) is 11.6 Å². The molecule has 6 heteroatoms. The summed E-state index contributed by atoms with van der Waals surface area (Å²) >= 11 is 5.78. The maximum Gasteiger partial charge on any atom is 0.247 e. The average molecular weight is 407 g/mol. The van der Waals surface area contributed by atoms with E-state index in [1.165, 1.54) is 31.4 Å². The smallest absolute Gasteiger partial charge is 0.247 e. The van der Waals surface area contributed by atoms with Crippen molar-refractivity contribution < 1.29 is 14.0 Å². The highest BCUT2D eigenvalue weighted by Crippen LogP contribution is 2.60. The minimum atomic E-state index is -0.699. The van der Waals surface area contributed by atoms with Gasteiger partial charge in [-0.15, -0.1) is 0 Å². The Morgan fingerprint density at radius 1 is 1.11 bits per heavy atom. The summed E-state index contributed by atoms with van der Waals surface area (Å²) in [4.78, 5) is 26.1. The molecule has 1 aromatic rings. The zero-order valence-corrected chi connectivity index (χ0v) is 17.2. The maximum absolute atomic E-state index is 14.1. The van der Waals surface area contributed by atoms with Gasteiger partial charge in [-0.2, -0.15) is 0 Å². The summed E-state index contributed by atoms with van der Waals surface area (Å²) in [5, 5.41) is 5.91. The topological polar surface area (TPSA) is 58.2 Å². The molecule has 0 heterocycles. The number of amides is 2. The quantitative estimate of drug-likeness (QED) is 0.739. The number of benzene rings is 1. The molecule has 28 heavy (non-hydrogen) atoms. The van der Waals surface area contributed by atoms with Crippen LogP contribution in [0.3, 0.4) is 0 Å². The molecule has 1 atom stereocenters. The number of nitrogens with one attached hydrogen (secondary N) is 2. The van der Waals surface area contributed by atoms with Crippen LogP contribution in [0.5, 0.6) is 0 Å². The van der Waals surface area contributed by atoms with Crippen LogP contribution in [-0.2, 0) is 9.59 Å². The van der Waals surface area contributed by atoms with Crippen LogP contribution in [0.1, 0.15) is 52.4 Å². The molecule has 4 fully saturated rings. The third-order valence-corrected chi connectivity index (χ3v) is 7.18. The summed E-state index contributed by atoms with van der Waals surface area (Å²) in [5.74, 6) is 0.903. The van der Waals surface area contributed by atoms with Gasteiger partial charge in [-0.1, -0.05) is 25.4 Å². The van der Waals surface area contributed by atoms with Gasteiger partial charge in [0.1, 0.15) is 11.9 Å². The van der Waals surface area contributed by atoms with Crippen molar-refractivity contribution in [2.75, 3.05) is 5.32 Å². The van der Waals surface area contributed by atoms with E-state index < -0.39 is 17.8 Å². The Balaban J connectivity index is 1.47. The highest BCUT2D eigenvalue weighted by molar-refractivity contribution is 6.30. The highest BCUT2D eigenvalue weighted by Gasteiger charge is 2.55. The molecule has 4 saturated carbocycles. The van der Waals surface area contributed by atoms with Crippen molar-refractivity contribution in [1.82, 2.24) is 5.32 Å². The van der Waals surface area contributed by atoms with E-state index in [1.54, 1.807) is 0 Å². The second-order valence-electron chi connectivity index (χ2n) is 9.51. The summed E-state index contributed by atoms with van der Waals surface area (Å²) in [5.41, 5.74) is -0.239. The Bertz CT molecular complexity index is 759. The highest BCUT2D eigenvalue weighted by atomic mass is 35.5. The molecule has 2 N–H and O–H groups in total. The molecule has 152 valence electrons. The van der Waals surface area contributed by atoms with E-state index in [-0.39, 0.29) is 28.0 Å². The van der Waals surface area contributed by atoms with Gasteiger partial charge < -0.3 is 10.6 Å². The molecule has 0 unspecified atom stereocenters. The zero-order chi connectivity index (χ0) is 20.1. The number of anilines is 1. The summed E-state index contributed by atoms with van der Waals surface area (Å²) in [7, 11) is 0. The van der Waals surface area contributed by atoms with E-state index in [0.717, 1.165) is 25.3 Å². The molecular formula is C22H28ClFN2O2. The molecule has 1 aromatic carbocycles. The van der Waals surface area contributed by atoms with Crippen molar-refractivity contribution in [3.05, 3.63) is 29.0 Å². The summed E-state index contributed by atoms with van der Waals surface area (Å²) in [6.45, 7) is 3.78. The van der Waals surface area contributed by atoms with Crippen LogP contribution in [-0.4, -0.2) is 17.9 Å². The zero-order valence-electron chi connectivity index (χ0n) is 16.4. The molecule has 4 nitrogen and oxygen atoms in total. The van der Waals surface area contributed by atoms with Gasteiger partial charge in [0.05, 0.1) is 5.69 Å². The van der Waals surface area contributed by atoms with Crippen molar-refractivity contribution >= 4 is 29.1 Å². The van der Waals surface area contributed by atoms with Crippen LogP contribution >= 0.6 is 11.6 Å². The first-order valence-corrected chi connectivity index (χ1v) is 10.7. The third kappa shape index (κ3) is 3.66. The fourth-order valence-corrected chi connectivity index (χ4v) is 6.18. The Morgan fingerprint density at radius 2 is 1.68 bits per heavy atom. The molecule has 4 aliphatic carbocycles. The van der Waals surface area contributed by atoms with E-state index in [9.17, 15) is 14.0 Å². The molecule has 0 aliphatic heterocycles. The molecule has 0 spiro atoms. The van der Waals surface area contributed by atoms with Crippen molar-refractivity contribution in [2.24, 2.45) is 29.1 Å². The van der Waals surface area contributed by atoms with Gasteiger partial charge in [0.15, 0.2) is 0 Å². The third-order valence-electron chi connectivity index (χ3n) is 6.94. The van der Waals surface area contributed by atoms with Crippen LogP contribution < -0.4 is 10.6 Å². The van der Waals surface area contributed by atoms with E-state index in [2.05, 4.69) is 10.6 Å². The predicted octanol–water partition coefficient (Wildman–Crippen LogP) is 4.77. The number of halogens is 2. The van der Waals surface area contributed by atoms with Crippen molar-refractivity contribution in [1.29, 1.82) is 0 Å². The number of carbonyl (C=O) groups excluding carboxylic acids is 2. The molecule has 0 saturated heterocycles. The van der Waals surface area contributed by atoms with Crippen molar-refractivity contribution in [3.8, 4) is 0 Å². The molecule has 4 aliphatic rings. The van der Waals surface area contributed by atoms with Crippen LogP contribution in [0.4, 0.5) is 10.1 Å². The van der Waals surface area contributed by atoms with Crippen LogP contribution in [0.25, 0.3) is 0 Å². The van der Waals surface area contributed by atoms with E-state index in [1.807, 2.05) is 13.8 Å². The Labute approximate surface area is 170 Å². The Kier molecular flexibility index (Phi) is 5.15. The predicted molar refractivity (Wildman–Crippen MR) is 107 cm³/mol. The van der Waals surface area contributed by atoms with Gasteiger partial charge in [-0.05, 0) is 80.4 Å². The standard InChI is InChI=1S/C22H28ClFN2O2/c1-12(2)19(20(27)25-18-4-3-16(23)8-17(18)24)26-21(28)22-9-13-5-14(10-22)7-15(6-13)11-22/h3-4,8,12-15,19H,5-7,9-11H2,1-2H3,(H,25,27)(H,26,28)/t13?,14?,15?,19-,22?/m1/s1. The minimum Gasteiger partial charge on any atom is -0.344 e. The molecule has 5 rings (SSSR count). The minimum absolute atomic E-state index is 0.0111. The number of hydrogen-bond acceptors (Lipinski definition) is 2. The van der Waals surface area contributed by atoms with E-state index >= 15 is 0 Å². The summed E-state index contributed by atoms with van der Waals surface area (Å²) in [6, 6.07) is 3.43. The lowest BCUT2D eigenvalue weighted by molar-refractivity contribution is -0.148. The lowest BCUT2D eigenvalue weighted by Gasteiger charge is -2.55. The first-order valence-electron chi connectivity index (χ1n) is 10.3. The number of carbonyl (C=O) groups is 2. The largest absolute Gasteiger partial charge is 0.344 e. The maximum atomic E-state index is 14.1. The molecule has 0 aromatic heterocycles. The normalized spacial score (nSPS) is 31.7. The molecule has 4 bridgehead atoms. The fourth-order valence-electron chi connectivity index (χ4n) is 6.02. The average Bonchev–Trinajstić information content (AvgIpc) is 2.60. The lowest BCUT2D eigenvalue weighted by atomic mass is 9.49. The van der Waals surface area contributed by atoms with Crippen LogP contribution in [0, 0.1) is 34.9 Å². The van der Waals surface area contributed by atoms with E-state index in [0.29, 0.717) is 17.8 Å². The van der Waals surface area contributed by atoms with Crippen molar-refractivity contribution in [3.63, 3.8) is 0 Å². The lowest BCUT2D eigenvalue weighted by Crippen LogP contribution is -2.57. The molecule has 2 amide bonds. The van der Waals surface area contributed by atoms with Gasteiger partial charge in [0, 0.05) is 10.4 Å². The number of hydrogen-bond donors (Lipinski definition) is 2. The van der Waals surface area contributed by atoms with Gasteiger partial charge in [-0.3, -0.25) is 9.59 Å². The van der Waals surface area contributed by atoms with Crippen LogP contribution in [0.2, 0.25) is 5.02 Å². The second kappa shape index (κ2) is 7.33. The Morgan fingerprint density at radius 3 is 2.18 bits per heavy atom. The van der Waals surface area contributed by atoms with Gasteiger partial charge in [0.25, 0.3) is 0 Å². The molecular weight excluding hydrogens is 379 g/mol. The SMILES string of the molecule is CC(C)[C@@H](NC(=O)C12CC3CC(CC(C3)C1)C2)C(=O)Nc1ccc(Cl)cc1F. The fraction of sp³-hybridized carbons (Fsp3) is 0.636. The first kappa shape index (κ1) is 19.7. The van der Waals surface area contributed by atoms with Gasteiger partial charge >= 0.3 is 0 Å². The molecule has 0 radical (unpaired) electrons. The summed E-state index contributed by atoms with van der Waals surface area (Å²) < 4.78 is 14.1. The van der Waals surface area contributed by atoms with Gasteiger partial charge in [0.2, 0.25) is 11.8 Å². The Hall–Kier alpha value is -1.62. The van der Waals surface area contributed by atoms with Crippen LogP contribution in [0.15, 0.2) is 18.2 Å². The van der Waals surface area contributed by atoms with Crippen molar-refractivity contribution in [2.45, 2.75) is 58.4 Å². The first-order chi connectivity index (χ1) is 13.3. The monoisotopic (exact) mass is 406 g/mol.